The molecule has 2 heterocycles. The van der Waals surface area contributed by atoms with Gasteiger partial charge in [0.25, 0.3) is 0 Å². The molecule has 0 atom stereocenters. The second-order valence-electron chi connectivity index (χ2n) is 4.49. The molecule has 0 unspecified atom stereocenters. The van der Waals surface area contributed by atoms with E-state index >= 15 is 0 Å². The molecule has 0 bridgehead atoms. The van der Waals surface area contributed by atoms with Crippen LogP contribution in [-0.2, 0) is 0 Å². The minimum atomic E-state index is -0.00578. The van der Waals surface area contributed by atoms with Crippen molar-refractivity contribution in [1.82, 2.24) is 4.98 Å². The van der Waals surface area contributed by atoms with Crippen LogP contribution in [-0.4, -0.2) is 17.2 Å². The summed E-state index contributed by atoms with van der Waals surface area (Å²) in [5.41, 5.74) is 7.75. The molecule has 0 spiro atoms. The number of nitrogens with zero attached hydrogens (tertiary/aromatic N) is 1. The molecule has 0 saturated heterocycles. The largest absolute Gasteiger partial charge is 0.504 e. The van der Waals surface area contributed by atoms with Crippen molar-refractivity contribution in [3.63, 3.8) is 0 Å². The summed E-state index contributed by atoms with van der Waals surface area (Å²) in [4.78, 5) is 4.01. The molecule has 0 saturated carbocycles. The molecule has 0 aliphatic rings. The number of nitrogen functional groups attached to an aromatic ring is 1. The molecule has 3 N–H and O–H groups in total. The molecule has 0 radical (unpaired) electrons. The Hall–Kier alpha value is -2.95. The van der Waals surface area contributed by atoms with Crippen LogP contribution in [0.3, 0.4) is 0 Å². The molecule has 0 fully saturated rings. The number of hydrogen-bond donors (Lipinski definition) is 2. The van der Waals surface area contributed by atoms with E-state index in [1.807, 2.05) is 18.2 Å². The van der Waals surface area contributed by atoms with Gasteiger partial charge in [-0.05, 0) is 29.8 Å². The molecule has 0 aliphatic heterocycles. The van der Waals surface area contributed by atoms with Gasteiger partial charge in [0.1, 0.15) is 5.75 Å². The molecule has 0 amide bonds. The predicted molar refractivity (Wildman–Crippen MR) is 80.0 cm³/mol. The number of nitrogens with two attached hydrogens (primary N) is 1. The fraction of sp³-hybridized carbons (Fsp3) is 0.0625. The van der Waals surface area contributed by atoms with E-state index in [0.29, 0.717) is 22.6 Å². The molecule has 21 heavy (non-hydrogen) atoms. The molecule has 106 valence electrons. The lowest BCUT2D eigenvalue weighted by Gasteiger charge is -2.03. The average molecular weight is 282 g/mol. The number of anilines is 1. The maximum atomic E-state index is 10.4. The zero-order valence-electron chi connectivity index (χ0n) is 11.4. The second kappa shape index (κ2) is 5.20. The van der Waals surface area contributed by atoms with Crippen LogP contribution in [0.1, 0.15) is 0 Å². The molecule has 0 aliphatic carbocycles. The highest BCUT2D eigenvalue weighted by molar-refractivity contribution is 5.86. The van der Waals surface area contributed by atoms with Crippen molar-refractivity contribution in [2.45, 2.75) is 0 Å². The topological polar surface area (TPSA) is 81.5 Å². The first-order chi connectivity index (χ1) is 10.2. The number of pyridine rings is 1. The highest BCUT2D eigenvalue weighted by atomic mass is 16.5. The van der Waals surface area contributed by atoms with Crippen LogP contribution in [0.5, 0.6) is 11.5 Å². The van der Waals surface area contributed by atoms with E-state index in [1.54, 1.807) is 37.7 Å². The monoisotopic (exact) mass is 282 g/mol. The van der Waals surface area contributed by atoms with Gasteiger partial charge >= 0.3 is 0 Å². The number of hydrogen-bond acceptors (Lipinski definition) is 5. The van der Waals surface area contributed by atoms with Crippen LogP contribution in [0, 0.1) is 0 Å². The van der Waals surface area contributed by atoms with Crippen molar-refractivity contribution in [3.05, 3.63) is 48.8 Å². The van der Waals surface area contributed by atoms with Gasteiger partial charge in [0.15, 0.2) is 11.5 Å². The Morgan fingerprint density at radius 1 is 1.19 bits per heavy atom. The van der Waals surface area contributed by atoms with Gasteiger partial charge in [0.2, 0.25) is 5.88 Å². The number of aromatic hydroxyl groups is 1. The van der Waals surface area contributed by atoms with Gasteiger partial charge in [-0.25, -0.2) is 0 Å². The summed E-state index contributed by atoms with van der Waals surface area (Å²) in [5, 5.41) is 10.4. The molecule has 5 nitrogen and oxygen atoms in total. The van der Waals surface area contributed by atoms with Crippen molar-refractivity contribution < 1.29 is 14.3 Å². The summed E-state index contributed by atoms with van der Waals surface area (Å²) in [6, 6.07) is 10.8. The molecule has 3 rings (SSSR count). The summed E-state index contributed by atoms with van der Waals surface area (Å²) >= 11 is 0. The first-order valence-corrected chi connectivity index (χ1v) is 6.36. The van der Waals surface area contributed by atoms with Crippen molar-refractivity contribution in [2.24, 2.45) is 0 Å². The van der Waals surface area contributed by atoms with Gasteiger partial charge in [-0.2, -0.15) is 0 Å². The Kier molecular flexibility index (Phi) is 3.23. The lowest BCUT2D eigenvalue weighted by atomic mass is 10.1. The zero-order chi connectivity index (χ0) is 14.8. The number of furan rings is 1. The van der Waals surface area contributed by atoms with Crippen molar-refractivity contribution in [2.75, 3.05) is 12.8 Å². The summed E-state index contributed by atoms with van der Waals surface area (Å²) in [6.07, 6.45) is 3.25. The first kappa shape index (κ1) is 13.1. The van der Waals surface area contributed by atoms with E-state index in [-0.39, 0.29) is 11.6 Å². The van der Waals surface area contributed by atoms with E-state index in [4.69, 9.17) is 14.9 Å². The van der Waals surface area contributed by atoms with Crippen molar-refractivity contribution in [1.29, 1.82) is 0 Å². The van der Waals surface area contributed by atoms with Crippen LogP contribution < -0.4 is 10.5 Å². The SMILES string of the molecule is COc1cccc(-c2c(N)oc(-c3cccnc3)c2O)c1. The van der Waals surface area contributed by atoms with Crippen LogP contribution in [0.25, 0.3) is 22.5 Å². The standard InChI is InChI=1S/C16H14N2O3/c1-20-12-6-2-4-10(8-12)13-14(19)15(21-16(13)17)11-5-3-7-18-9-11/h2-9,19H,17H2,1H3. The van der Waals surface area contributed by atoms with E-state index in [1.165, 1.54) is 0 Å². The quantitative estimate of drug-likeness (QED) is 0.770. The first-order valence-electron chi connectivity index (χ1n) is 6.36. The summed E-state index contributed by atoms with van der Waals surface area (Å²) in [6.45, 7) is 0. The predicted octanol–water partition coefficient (Wildman–Crippen LogP) is 3.31. The van der Waals surface area contributed by atoms with Gasteiger partial charge in [0, 0.05) is 18.0 Å². The third-order valence-corrected chi connectivity index (χ3v) is 3.19. The maximum Gasteiger partial charge on any atom is 0.202 e. The second-order valence-corrected chi connectivity index (χ2v) is 4.49. The van der Waals surface area contributed by atoms with Crippen LogP contribution in [0.2, 0.25) is 0 Å². The number of methoxy groups -OCH3 is 1. The van der Waals surface area contributed by atoms with E-state index in [2.05, 4.69) is 4.98 Å². The van der Waals surface area contributed by atoms with Gasteiger partial charge in [-0.3, -0.25) is 4.98 Å². The normalized spacial score (nSPS) is 10.5. The number of ether oxygens (including phenoxy) is 1. The van der Waals surface area contributed by atoms with Gasteiger partial charge in [-0.1, -0.05) is 12.1 Å². The summed E-state index contributed by atoms with van der Waals surface area (Å²) in [7, 11) is 1.58. The Labute approximate surface area is 121 Å². The fourth-order valence-electron chi connectivity index (χ4n) is 2.19. The Balaban J connectivity index is 2.14. The highest BCUT2D eigenvalue weighted by Gasteiger charge is 2.21. The molecule has 3 aromatic rings. The third-order valence-electron chi connectivity index (χ3n) is 3.19. The fourth-order valence-corrected chi connectivity index (χ4v) is 2.19. The summed E-state index contributed by atoms with van der Waals surface area (Å²) in [5.74, 6) is 1.13. The van der Waals surface area contributed by atoms with Crippen LogP contribution in [0.15, 0.2) is 53.2 Å². The van der Waals surface area contributed by atoms with Crippen molar-refractivity contribution >= 4 is 5.88 Å². The Morgan fingerprint density at radius 3 is 2.71 bits per heavy atom. The van der Waals surface area contributed by atoms with Gasteiger partial charge < -0.3 is 20.0 Å². The molecule has 2 aromatic heterocycles. The third kappa shape index (κ3) is 2.29. The lowest BCUT2D eigenvalue weighted by molar-refractivity contribution is 0.415. The minimum Gasteiger partial charge on any atom is -0.504 e. The van der Waals surface area contributed by atoms with Crippen LogP contribution >= 0.6 is 0 Å². The summed E-state index contributed by atoms with van der Waals surface area (Å²) < 4.78 is 10.7. The van der Waals surface area contributed by atoms with Crippen LogP contribution in [0.4, 0.5) is 5.88 Å². The number of aromatic nitrogens is 1. The smallest absolute Gasteiger partial charge is 0.202 e. The molecular weight excluding hydrogens is 268 g/mol. The van der Waals surface area contributed by atoms with Crippen molar-refractivity contribution in [3.8, 4) is 33.9 Å². The minimum absolute atomic E-state index is 0.00578. The van der Waals surface area contributed by atoms with Gasteiger partial charge in [-0.15, -0.1) is 0 Å². The average Bonchev–Trinajstić information content (AvgIpc) is 2.83. The molecular formula is C16H14N2O3. The Morgan fingerprint density at radius 2 is 2.00 bits per heavy atom. The van der Waals surface area contributed by atoms with E-state index < -0.39 is 0 Å². The Bertz CT molecular complexity index is 766. The van der Waals surface area contributed by atoms with E-state index in [0.717, 1.165) is 5.56 Å². The highest BCUT2D eigenvalue weighted by Crippen LogP contribution is 2.45. The van der Waals surface area contributed by atoms with E-state index in [9.17, 15) is 5.11 Å². The molecule has 1 aromatic carbocycles. The zero-order valence-corrected chi connectivity index (χ0v) is 11.4. The lowest BCUT2D eigenvalue weighted by Crippen LogP contribution is -1.87. The maximum absolute atomic E-state index is 10.4. The number of rotatable bonds is 3. The number of benzene rings is 1. The molecule has 5 heteroatoms. The van der Waals surface area contributed by atoms with Gasteiger partial charge in [0.05, 0.1) is 12.7 Å².